The van der Waals surface area contributed by atoms with Crippen LogP contribution < -0.4 is 10.1 Å². The zero-order valence-electron chi connectivity index (χ0n) is 12.1. The van der Waals surface area contributed by atoms with E-state index in [0.29, 0.717) is 19.0 Å². The van der Waals surface area contributed by atoms with E-state index < -0.39 is 0 Å². The van der Waals surface area contributed by atoms with Crippen LogP contribution in [0.1, 0.15) is 19.3 Å². The lowest BCUT2D eigenvalue weighted by Gasteiger charge is -2.18. The molecule has 2 aliphatic rings. The molecule has 114 valence electrons. The second-order valence-corrected chi connectivity index (χ2v) is 5.96. The highest BCUT2D eigenvalue weighted by Gasteiger charge is 2.26. The summed E-state index contributed by atoms with van der Waals surface area (Å²) in [7, 11) is 0. The molecule has 0 spiro atoms. The van der Waals surface area contributed by atoms with Crippen molar-refractivity contribution in [2.75, 3.05) is 31.6 Å². The minimum atomic E-state index is -0.117. The third-order valence-corrected chi connectivity index (χ3v) is 4.13. The number of anilines is 1. The Hall–Kier alpha value is -1.75. The minimum absolute atomic E-state index is 0.117. The summed E-state index contributed by atoms with van der Waals surface area (Å²) in [5, 5.41) is 12.1. The molecule has 2 N–H and O–H groups in total. The molecule has 1 atom stereocenters. The zero-order chi connectivity index (χ0) is 14.7. The smallest absolute Gasteiger partial charge is 0.321 e. The number of aliphatic hydroxyl groups is 1. The van der Waals surface area contributed by atoms with Crippen molar-refractivity contribution in [3.63, 3.8) is 0 Å². The largest absolute Gasteiger partial charge is 0.491 e. The molecule has 0 aromatic heterocycles. The molecule has 1 heterocycles. The number of hydrogen-bond acceptors (Lipinski definition) is 3. The first-order valence-corrected chi connectivity index (χ1v) is 7.65. The van der Waals surface area contributed by atoms with Gasteiger partial charge in [-0.1, -0.05) is 12.1 Å². The van der Waals surface area contributed by atoms with E-state index >= 15 is 0 Å². The fourth-order valence-electron chi connectivity index (χ4n) is 2.55. The van der Waals surface area contributed by atoms with E-state index in [-0.39, 0.29) is 18.6 Å². The molecule has 1 saturated heterocycles. The number of para-hydroxylation sites is 2. The van der Waals surface area contributed by atoms with Crippen LogP contribution in [0.15, 0.2) is 24.3 Å². The topological polar surface area (TPSA) is 61.8 Å². The second kappa shape index (κ2) is 6.35. The summed E-state index contributed by atoms with van der Waals surface area (Å²) in [4.78, 5) is 14.0. The first-order chi connectivity index (χ1) is 10.3. The molecule has 2 fully saturated rings. The van der Waals surface area contributed by atoms with Gasteiger partial charge in [0, 0.05) is 25.6 Å². The van der Waals surface area contributed by atoms with Gasteiger partial charge in [0.1, 0.15) is 5.75 Å². The molecule has 5 heteroatoms. The molecule has 0 bridgehead atoms. The average Bonchev–Trinajstić information content (AvgIpc) is 3.21. The Kier molecular flexibility index (Phi) is 4.29. The van der Waals surface area contributed by atoms with Crippen molar-refractivity contribution in [2.45, 2.75) is 19.3 Å². The standard InChI is InChI=1S/C16H22N2O3/c19-10-13-7-8-18(9-13)16(20)17-14-3-1-2-4-15(14)21-11-12-5-6-12/h1-4,12-13,19H,5-11H2,(H,17,20). The summed E-state index contributed by atoms with van der Waals surface area (Å²) in [6.07, 6.45) is 3.35. The maximum Gasteiger partial charge on any atom is 0.321 e. The zero-order valence-corrected chi connectivity index (χ0v) is 12.1. The Labute approximate surface area is 124 Å². The van der Waals surface area contributed by atoms with Gasteiger partial charge in [-0.05, 0) is 37.3 Å². The summed E-state index contributed by atoms with van der Waals surface area (Å²) < 4.78 is 5.79. The van der Waals surface area contributed by atoms with Gasteiger partial charge in [-0.2, -0.15) is 0 Å². The van der Waals surface area contributed by atoms with Crippen LogP contribution in [0, 0.1) is 11.8 Å². The number of carbonyl (C=O) groups excluding carboxylic acids is 1. The average molecular weight is 290 g/mol. The van der Waals surface area contributed by atoms with Crippen molar-refractivity contribution in [1.29, 1.82) is 0 Å². The number of rotatable bonds is 5. The number of ether oxygens (including phenoxy) is 1. The molecule has 3 rings (SSSR count). The summed E-state index contributed by atoms with van der Waals surface area (Å²) >= 11 is 0. The van der Waals surface area contributed by atoms with E-state index in [4.69, 9.17) is 9.84 Å². The monoisotopic (exact) mass is 290 g/mol. The van der Waals surface area contributed by atoms with Crippen molar-refractivity contribution in [1.82, 2.24) is 4.90 Å². The highest BCUT2D eigenvalue weighted by atomic mass is 16.5. The number of hydrogen-bond donors (Lipinski definition) is 2. The molecule has 2 amide bonds. The molecule has 0 radical (unpaired) electrons. The molecule has 21 heavy (non-hydrogen) atoms. The fraction of sp³-hybridized carbons (Fsp3) is 0.562. The maximum atomic E-state index is 12.3. The van der Waals surface area contributed by atoms with Gasteiger partial charge < -0.3 is 20.1 Å². The van der Waals surface area contributed by atoms with Crippen LogP contribution in [0.2, 0.25) is 0 Å². The number of aliphatic hydroxyl groups excluding tert-OH is 1. The van der Waals surface area contributed by atoms with Crippen molar-refractivity contribution in [3.8, 4) is 5.75 Å². The second-order valence-electron chi connectivity index (χ2n) is 5.96. The SMILES string of the molecule is O=C(Nc1ccccc1OCC1CC1)N1CCC(CO)C1. The fourth-order valence-corrected chi connectivity index (χ4v) is 2.55. The Morgan fingerprint density at radius 3 is 2.81 bits per heavy atom. The van der Waals surface area contributed by atoms with Gasteiger partial charge in [0.15, 0.2) is 0 Å². The van der Waals surface area contributed by atoms with E-state index in [2.05, 4.69) is 5.32 Å². The third kappa shape index (κ3) is 3.67. The van der Waals surface area contributed by atoms with E-state index in [1.54, 1.807) is 4.90 Å². The highest BCUT2D eigenvalue weighted by molar-refractivity contribution is 5.91. The van der Waals surface area contributed by atoms with Crippen molar-refractivity contribution >= 4 is 11.7 Å². The van der Waals surface area contributed by atoms with Crippen LogP contribution in [-0.4, -0.2) is 42.3 Å². The van der Waals surface area contributed by atoms with Crippen LogP contribution in [0.5, 0.6) is 5.75 Å². The quantitative estimate of drug-likeness (QED) is 0.875. The van der Waals surface area contributed by atoms with E-state index in [1.807, 2.05) is 24.3 Å². The minimum Gasteiger partial charge on any atom is -0.491 e. The van der Waals surface area contributed by atoms with Crippen molar-refractivity contribution in [2.24, 2.45) is 11.8 Å². The number of urea groups is 1. The van der Waals surface area contributed by atoms with E-state index in [0.717, 1.165) is 24.5 Å². The first-order valence-electron chi connectivity index (χ1n) is 7.65. The summed E-state index contributed by atoms with van der Waals surface area (Å²) in [6.45, 7) is 2.18. The maximum absolute atomic E-state index is 12.3. The third-order valence-electron chi connectivity index (χ3n) is 4.13. The van der Waals surface area contributed by atoms with E-state index in [9.17, 15) is 4.79 Å². The number of amides is 2. The Bertz CT molecular complexity index is 502. The van der Waals surface area contributed by atoms with Gasteiger partial charge in [0.2, 0.25) is 0 Å². The van der Waals surface area contributed by atoms with Gasteiger partial charge in [-0.15, -0.1) is 0 Å². The van der Waals surface area contributed by atoms with Crippen molar-refractivity contribution < 1.29 is 14.6 Å². The number of benzene rings is 1. The number of nitrogens with one attached hydrogen (secondary N) is 1. The lowest BCUT2D eigenvalue weighted by molar-refractivity contribution is 0.208. The Morgan fingerprint density at radius 2 is 2.10 bits per heavy atom. The molecule has 1 unspecified atom stereocenters. The molecule has 5 nitrogen and oxygen atoms in total. The van der Waals surface area contributed by atoms with E-state index in [1.165, 1.54) is 12.8 Å². The molecular formula is C16H22N2O3. The number of likely N-dealkylation sites (tertiary alicyclic amines) is 1. The number of nitrogens with zero attached hydrogens (tertiary/aromatic N) is 1. The summed E-state index contributed by atoms with van der Waals surface area (Å²) in [5.74, 6) is 1.62. The molecule has 1 aliphatic carbocycles. The van der Waals surface area contributed by atoms with Crippen LogP contribution >= 0.6 is 0 Å². The predicted molar refractivity (Wildman–Crippen MR) is 80.4 cm³/mol. The molecule has 1 aliphatic heterocycles. The lowest BCUT2D eigenvalue weighted by atomic mass is 10.1. The van der Waals surface area contributed by atoms with Gasteiger partial charge in [0.05, 0.1) is 12.3 Å². The number of carbonyl (C=O) groups is 1. The first kappa shape index (κ1) is 14.2. The van der Waals surface area contributed by atoms with Gasteiger partial charge >= 0.3 is 6.03 Å². The molecular weight excluding hydrogens is 268 g/mol. The predicted octanol–water partition coefficient (Wildman–Crippen LogP) is 2.32. The van der Waals surface area contributed by atoms with Gasteiger partial charge in [0.25, 0.3) is 0 Å². The van der Waals surface area contributed by atoms with Crippen molar-refractivity contribution in [3.05, 3.63) is 24.3 Å². The van der Waals surface area contributed by atoms with Crippen LogP contribution in [0.4, 0.5) is 10.5 Å². The van der Waals surface area contributed by atoms with Gasteiger partial charge in [-0.25, -0.2) is 4.79 Å². The molecule has 1 aromatic rings. The molecule has 1 saturated carbocycles. The molecule has 1 aromatic carbocycles. The highest BCUT2D eigenvalue weighted by Crippen LogP contribution is 2.32. The summed E-state index contributed by atoms with van der Waals surface area (Å²) in [5.41, 5.74) is 0.718. The lowest BCUT2D eigenvalue weighted by Crippen LogP contribution is -2.33. The Balaban J connectivity index is 1.59. The Morgan fingerprint density at radius 1 is 1.29 bits per heavy atom. The summed E-state index contributed by atoms with van der Waals surface area (Å²) in [6, 6.07) is 7.43. The van der Waals surface area contributed by atoms with Gasteiger partial charge in [-0.3, -0.25) is 0 Å². The van der Waals surface area contributed by atoms with Crippen LogP contribution in [-0.2, 0) is 0 Å². The normalized spacial score (nSPS) is 21.4. The van der Waals surface area contributed by atoms with Crippen LogP contribution in [0.3, 0.4) is 0 Å². The van der Waals surface area contributed by atoms with Crippen LogP contribution in [0.25, 0.3) is 0 Å².